The minimum Gasteiger partial charge on any atom is -0.479 e. The summed E-state index contributed by atoms with van der Waals surface area (Å²) in [4.78, 5) is 25.9. The van der Waals surface area contributed by atoms with Gasteiger partial charge in [-0.25, -0.2) is 9.18 Å². The van der Waals surface area contributed by atoms with E-state index in [-0.39, 0.29) is 38.5 Å². The van der Waals surface area contributed by atoms with E-state index in [9.17, 15) is 19.1 Å². The van der Waals surface area contributed by atoms with Crippen molar-refractivity contribution in [2.75, 3.05) is 0 Å². The number of rotatable bonds is 3. The fourth-order valence-electron chi connectivity index (χ4n) is 2.93. The standard InChI is InChI=1S/C18H13Cl3FNO4/c1-8-17(24)23(7-9-2-3-10(19)6-14(9)22)15(18(25)26)12-4-11(20)5-13(21)16(12)27-8/h2-6,8,15H,7H2,1H3,(H,25,26). The van der Waals surface area contributed by atoms with Gasteiger partial charge in [-0.3, -0.25) is 4.79 Å². The van der Waals surface area contributed by atoms with Crippen molar-refractivity contribution >= 4 is 46.7 Å². The molecule has 1 N–H and O–H groups in total. The Morgan fingerprint density at radius 1 is 1.22 bits per heavy atom. The highest BCUT2D eigenvalue weighted by Crippen LogP contribution is 2.41. The lowest BCUT2D eigenvalue weighted by Gasteiger charge is -2.28. The molecule has 1 aliphatic heterocycles. The highest BCUT2D eigenvalue weighted by molar-refractivity contribution is 6.35. The number of ether oxygens (including phenoxy) is 1. The maximum atomic E-state index is 14.2. The fraction of sp³-hybridized carbons (Fsp3) is 0.222. The van der Waals surface area contributed by atoms with Gasteiger partial charge in [0.05, 0.1) is 5.02 Å². The lowest BCUT2D eigenvalue weighted by molar-refractivity contribution is -0.153. The Hall–Kier alpha value is -2.02. The first-order valence-corrected chi connectivity index (χ1v) is 8.95. The number of amides is 1. The Labute approximate surface area is 169 Å². The molecule has 0 aliphatic carbocycles. The molecule has 0 saturated carbocycles. The molecule has 5 nitrogen and oxygen atoms in total. The van der Waals surface area contributed by atoms with Crippen LogP contribution in [0.25, 0.3) is 0 Å². The van der Waals surface area contributed by atoms with Gasteiger partial charge in [0.25, 0.3) is 5.91 Å². The molecule has 0 bridgehead atoms. The first-order valence-electron chi connectivity index (χ1n) is 7.82. The Morgan fingerprint density at radius 3 is 2.56 bits per heavy atom. The molecule has 2 unspecified atom stereocenters. The highest BCUT2D eigenvalue weighted by Gasteiger charge is 2.40. The van der Waals surface area contributed by atoms with Gasteiger partial charge in [0.1, 0.15) is 11.6 Å². The first-order chi connectivity index (χ1) is 12.7. The highest BCUT2D eigenvalue weighted by atomic mass is 35.5. The third kappa shape index (κ3) is 3.83. The van der Waals surface area contributed by atoms with Gasteiger partial charge in [-0.2, -0.15) is 0 Å². The second-order valence-corrected chi connectivity index (χ2v) is 7.29. The molecule has 142 valence electrons. The number of fused-ring (bicyclic) bond motifs is 1. The third-order valence-electron chi connectivity index (χ3n) is 4.16. The molecule has 1 aliphatic rings. The van der Waals surface area contributed by atoms with Crippen molar-refractivity contribution in [2.24, 2.45) is 0 Å². The summed E-state index contributed by atoms with van der Waals surface area (Å²) in [5.41, 5.74) is 0.231. The van der Waals surface area contributed by atoms with E-state index in [2.05, 4.69) is 0 Å². The summed E-state index contributed by atoms with van der Waals surface area (Å²) in [6.45, 7) is 1.17. The van der Waals surface area contributed by atoms with Crippen LogP contribution in [-0.2, 0) is 16.1 Å². The number of nitrogens with zero attached hydrogens (tertiary/aromatic N) is 1. The number of hydrogen-bond donors (Lipinski definition) is 1. The molecular formula is C18H13Cl3FNO4. The number of carbonyl (C=O) groups is 2. The van der Waals surface area contributed by atoms with E-state index in [1.807, 2.05) is 0 Å². The van der Waals surface area contributed by atoms with E-state index < -0.39 is 29.8 Å². The lowest BCUT2D eigenvalue weighted by atomic mass is 10.0. The van der Waals surface area contributed by atoms with Crippen LogP contribution in [0.5, 0.6) is 5.75 Å². The Morgan fingerprint density at radius 2 is 1.93 bits per heavy atom. The van der Waals surface area contributed by atoms with Crippen LogP contribution in [0, 0.1) is 5.82 Å². The van der Waals surface area contributed by atoms with E-state index in [4.69, 9.17) is 39.5 Å². The number of halogens is 4. The minimum absolute atomic E-state index is 0.0633. The predicted octanol–water partition coefficient (Wildman–Crippen LogP) is 4.72. The van der Waals surface area contributed by atoms with Gasteiger partial charge >= 0.3 is 5.97 Å². The molecule has 0 fully saturated rings. The largest absolute Gasteiger partial charge is 0.479 e. The van der Waals surface area contributed by atoms with E-state index in [1.165, 1.54) is 31.2 Å². The van der Waals surface area contributed by atoms with E-state index in [0.29, 0.717) is 0 Å². The van der Waals surface area contributed by atoms with Crippen molar-refractivity contribution in [2.45, 2.75) is 25.6 Å². The fourth-order valence-corrected chi connectivity index (χ4v) is 3.65. The molecule has 1 heterocycles. The van der Waals surface area contributed by atoms with Gasteiger partial charge in [-0.15, -0.1) is 0 Å². The zero-order chi connectivity index (χ0) is 19.9. The SMILES string of the molecule is CC1Oc2c(Cl)cc(Cl)cc2C(C(=O)O)N(Cc2ccc(Cl)cc2F)C1=O. The monoisotopic (exact) mass is 431 g/mol. The second-order valence-electron chi connectivity index (χ2n) is 6.01. The van der Waals surface area contributed by atoms with Gasteiger partial charge < -0.3 is 14.7 Å². The topological polar surface area (TPSA) is 66.8 Å². The Bertz CT molecular complexity index is 937. The summed E-state index contributed by atoms with van der Waals surface area (Å²) in [7, 11) is 0. The molecule has 2 atom stereocenters. The van der Waals surface area contributed by atoms with Crippen molar-refractivity contribution in [3.8, 4) is 5.75 Å². The molecule has 2 aromatic rings. The van der Waals surface area contributed by atoms with Crippen molar-refractivity contribution in [3.05, 3.63) is 62.3 Å². The number of aliphatic carboxylic acids is 1. The Kier molecular flexibility index (Phi) is 5.51. The molecule has 2 aromatic carbocycles. The predicted molar refractivity (Wildman–Crippen MR) is 98.9 cm³/mol. The molecule has 0 saturated heterocycles. The van der Waals surface area contributed by atoms with Crippen LogP contribution in [0.15, 0.2) is 30.3 Å². The molecule has 0 spiro atoms. The van der Waals surface area contributed by atoms with Crippen LogP contribution < -0.4 is 4.74 Å². The van der Waals surface area contributed by atoms with Crippen LogP contribution in [-0.4, -0.2) is 28.0 Å². The summed E-state index contributed by atoms with van der Waals surface area (Å²) in [5, 5.41) is 10.3. The first kappa shape index (κ1) is 19.7. The quantitative estimate of drug-likeness (QED) is 0.762. The number of carbonyl (C=O) groups excluding carboxylic acids is 1. The minimum atomic E-state index is -1.45. The normalized spacial score (nSPS) is 19.3. The van der Waals surface area contributed by atoms with Crippen LogP contribution in [0.3, 0.4) is 0 Å². The average Bonchev–Trinajstić information content (AvgIpc) is 2.67. The molecule has 9 heteroatoms. The second kappa shape index (κ2) is 7.54. The molecular weight excluding hydrogens is 420 g/mol. The van der Waals surface area contributed by atoms with Crippen LogP contribution in [0.1, 0.15) is 24.1 Å². The van der Waals surface area contributed by atoms with Crippen molar-refractivity contribution in [1.29, 1.82) is 0 Å². The van der Waals surface area contributed by atoms with Gasteiger partial charge in [0.15, 0.2) is 12.1 Å². The molecule has 3 rings (SSSR count). The summed E-state index contributed by atoms with van der Waals surface area (Å²) in [5.74, 6) is -2.54. The molecule has 0 aromatic heterocycles. The van der Waals surface area contributed by atoms with Crippen molar-refractivity contribution in [1.82, 2.24) is 4.90 Å². The smallest absolute Gasteiger partial charge is 0.331 e. The number of hydrogen-bond acceptors (Lipinski definition) is 3. The van der Waals surface area contributed by atoms with E-state index in [0.717, 1.165) is 11.0 Å². The average molecular weight is 433 g/mol. The van der Waals surface area contributed by atoms with Gasteiger partial charge in [-0.05, 0) is 31.2 Å². The van der Waals surface area contributed by atoms with Gasteiger partial charge in [0.2, 0.25) is 0 Å². The maximum Gasteiger partial charge on any atom is 0.331 e. The van der Waals surface area contributed by atoms with Crippen LogP contribution in [0.4, 0.5) is 4.39 Å². The van der Waals surface area contributed by atoms with Gasteiger partial charge in [-0.1, -0.05) is 40.9 Å². The van der Waals surface area contributed by atoms with E-state index >= 15 is 0 Å². The third-order valence-corrected chi connectivity index (χ3v) is 4.89. The Balaban J connectivity index is 2.14. The van der Waals surface area contributed by atoms with Crippen molar-refractivity contribution < 1.29 is 23.8 Å². The molecule has 1 amide bonds. The van der Waals surface area contributed by atoms with Crippen molar-refractivity contribution in [3.63, 3.8) is 0 Å². The lowest BCUT2D eigenvalue weighted by Crippen LogP contribution is -2.42. The van der Waals surface area contributed by atoms with Crippen LogP contribution in [0.2, 0.25) is 15.1 Å². The van der Waals surface area contributed by atoms with Gasteiger partial charge in [0, 0.05) is 27.7 Å². The summed E-state index contributed by atoms with van der Waals surface area (Å²) < 4.78 is 19.8. The zero-order valence-corrected chi connectivity index (χ0v) is 16.1. The summed E-state index contributed by atoms with van der Waals surface area (Å²) in [6.07, 6.45) is -1.03. The van der Waals surface area contributed by atoms with Crippen LogP contribution >= 0.6 is 34.8 Å². The number of carboxylic acids is 1. The summed E-state index contributed by atoms with van der Waals surface area (Å²) >= 11 is 17.9. The number of benzene rings is 2. The zero-order valence-electron chi connectivity index (χ0n) is 13.9. The molecule has 0 radical (unpaired) electrons. The number of carboxylic acid groups (broad SMARTS) is 1. The van der Waals surface area contributed by atoms with E-state index in [1.54, 1.807) is 0 Å². The maximum absolute atomic E-state index is 14.2. The summed E-state index contributed by atoms with van der Waals surface area (Å²) in [6, 6.07) is 5.26. The molecule has 27 heavy (non-hydrogen) atoms.